The van der Waals surface area contributed by atoms with Gasteiger partial charge >= 0.3 is 5.97 Å². The molecule has 1 atom stereocenters. The first-order chi connectivity index (χ1) is 13.8. The van der Waals surface area contributed by atoms with Crippen molar-refractivity contribution >= 4 is 40.7 Å². The summed E-state index contributed by atoms with van der Waals surface area (Å²) in [5.41, 5.74) is 0.980. The highest BCUT2D eigenvalue weighted by Gasteiger charge is 2.19. The third-order valence-electron chi connectivity index (χ3n) is 3.82. The summed E-state index contributed by atoms with van der Waals surface area (Å²) in [6, 6.07) is 9.54. The number of thiophene rings is 1. The summed E-state index contributed by atoms with van der Waals surface area (Å²) in [5, 5.41) is 7.15. The Morgan fingerprint density at radius 3 is 2.34 bits per heavy atom. The second-order valence-corrected chi connectivity index (χ2v) is 7.44. The zero-order chi connectivity index (χ0) is 21.4. The summed E-state index contributed by atoms with van der Waals surface area (Å²) in [5.74, 6) is -1.50. The maximum absolute atomic E-state index is 12.1. The van der Waals surface area contributed by atoms with Gasteiger partial charge in [-0.3, -0.25) is 19.2 Å². The highest BCUT2D eigenvalue weighted by Crippen LogP contribution is 2.22. The van der Waals surface area contributed by atoms with Crippen LogP contribution in [-0.4, -0.2) is 49.3 Å². The number of rotatable bonds is 8. The van der Waals surface area contributed by atoms with Crippen LogP contribution in [0.25, 0.3) is 0 Å². The number of benzene rings is 1. The predicted molar refractivity (Wildman–Crippen MR) is 110 cm³/mol. The molecule has 29 heavy (non-hydrogen) atoms. The Morgan fingerprint density at radius 2 is 1.79 bits per heavy atom. The standard InChI is InChI=1S/C20H23N3O5S/c1-13(24)21-16(17-5-4-10-29-17)11-19(26)28-12-18(25)22-15-8-6-14(7-9-15)20(27)23(2)3/h4-10,16H,11-12H2,1-3H3,(H,21,24)(H,22,25). The average Bonchev–Trinajstić information content (AvgIpc) is 3.20. The minimum absolute atomic E-state index is 0.0747. The Morgan fingerprint density at radius 1 is 1.10 bits per heavy atom. The molecule has 0 fully saturated rings. The molecule has 0 saturated heterocycles. The van der Waals surface area contributed by atoms with E-state index in [0.29, 0.717) is 11.3 Å². The smallest absolute Gasteiger partial charge is 0.308 e. The Kier molecular flexibility index (Phi) is 7.90. The number of hydrogen-bond acceptors (Lipinski definition) is 6. The van der Waals surface area contributed by atoms with Gasteiger partial charge in [0.1, 0.15) is 0 Å². The van der Waals surface area contributed by atoms with Crippen LogP contribution in [0.4, 0.5) is 5.69 Å². The fourth-order valence-electron chi connectivity index (χ4n) is 2.48. The van der Waals surface area contributed by atoms with Gasteiger partial charge in [0, 0.05) is 37.1 Å². The lowest BCUT2D eigenvalue weighted by molar-refractivity contribution is -0.147. The maximum Gasteiger partial charge on any atom is 0.308 e. The van der Waals surface area contributed by atoms with E-state index in [-0.39, 0.29) is 18.2 Å². The molecule has 2 N–H and O–H groups in total. The van der Waals surface area contributed by atoms with Gasteiger partial charge in [-0.05, 0) is 35.7 Å². The molecule has 0 spiro atoms. The fraction of sp³-hybridized carbons (Fsp3) is 0.300. The summed E-state index contributed by atoms with van der Waals surface area (Å²) >= 11 is 1.42. The zero-order valence-corrected chi connectivity index (χ0v) is 17.2. The average molecular weight is 417 g/mol. The Hall–Kier alpha value is -3.20. The molecule has 2 aromatic rings. The van der Waals surface area contributed by atoms with E-state index in [0.717, 1.165) is 4.88 Å². The number of anilines is 1. The van der Waals surface area contributed by atoms with E-state index in [9.17, 15) is 19.2 Å². The molecule has 1 unspecified atom stereocenters. The van der Waals surface area contributed by atoms with Crippen molar-refractivity contribution < 1.29 is 23.9 Å². The van der Waals surface area contributed by atoms with Crippen molar-refractivity contribution in [1.82, 2.24) is 10.2 Å². The van der Waals surface area contributed by atoms with E-state index in [1.54, 1.807) is 38.4 Å². The molecule has 0 aliphatic carbocycles. The molecular weight excluding hydrogens is 394 g/mol. The van der Waals surface area contributed by atoms with Crippen molar-refractivity contribution in [3.05, 3.63) is 52.2 Å². The first-order valence-electron chi connectivity index (χ1n) is 8.84. The number of nitrogens with one attached hydrogen (secondary N) is 2. The van der Waals surface area contributed by atoms with Gasteiger partial charge in [-0.25, -0.2) is 0 Å². The molecule has 3 amide bonds. The van der Waals surface area contributed by atoms with Gasteiger partial charge in [-0.2, -0.15) is 0 Å². The van der Waals surface area contributed by atoms with Crippen LogP contribution in [0, 0.1) is 0 Å². The lowest BCUT2D eigenvalue weighted by Crippen LogP contribution is -2.29. The lowest BCUT2D eigenvalue weighted by atomic mass is 10.1. The van der Waals surface area contributed by atoms with E-state index in [2.05, 4.69) is 10.6 Å². The largest absolute Gasteiger partial charge is 0.455 e. The SMILES string of the molecule is CC(=O)NC(CC(=O)OCC(=O)Nc1ccc(C(=O)N(C)C)cc1)c1cccs1. The van der Waals surface area contributed by atoms with Gasteiger partial charge in [-0.15, -0.1) is 11.3 Å². The Labute approximate surface area is 172 Å². The van der Waals surface area contributed by atoms with Crippen molar-refractivity contribution in [3.8, 4) is 0 Å². The molecule has 1 heterocycles. The van der Waals surface area contributed by atoms with Crippen LogP contribution < -0.4 is 10.6 Å². The lowest BCUT2D eigenvalue weighted by Gasteiger charge is -2.15. The number of carbonyl (C=O) groups is 4. The highest BCUT2D eigenvalue weighted by molar-refractivity contribution is 7.10. The number of esters is 1. The van der Waals surface area contributed by atoms with E-state index in [4.69, 9.17) is 4.74 Å². The molecule has 1 aromatic heterocycles. The monoisotopic (exact) mass is 417 g/mol. The number of nitrogens with zero attached hydrogens (tertiary/aromatic N) is 1. The molecule has 0 aliphatic rings. The minimum Gasteiger partial charge on any atom is -0.455 e. The summed E-state index contributed by atoms with van der Waals surface area (Å²) in [6.45, 7) is 0.922. The van der Waals surface area contributed by atoms with Gasteiger partial charge in [0.25, 0.3) is 11.8 Å². The molecule has 0 saturated carbocycles. The third kappa shape index (κ3) is 7.04. The molecule has 8 nitrogen and oxygen atoms in total. The molecule has 9 heteroatoms. The second-order valence-electron chi connectivity index (χ2n) is 6.46. The molecular formula is C20H23N3O5S. The van der Waals surface area contributed by atoms with Crippen molar-refractivity contribution in [1.29, 1.82) is 0 Å². The number of amides is 3. The minimum atomic E-state index is -0.598. The van der Waals surface area contributed by atoms with Crippen LogP contribution in [0.5, 0.6) is 0 Å². The van der Waals surface area contributed by atoms with Crippen molar-refractivity contribution in [3.63, 3.8) is 0 Å². The van der Waals surface area contributed by atoms with E-state index in [1.165, 1.54) is 23.2 Å². The highest BCUT2D eigenvalue weighted by atomic mass is 32.1. The molecule has 154 valence electrons. The second kappa shape index (κ2) is 10.4. The fourth-order valence-corrected chi connectivity index (χ4v) is 3.26. The first kappa shape index (κ1) is 22.1. The maximum atomic E-state index is 12.1. The van der Waals surface area contributed by atoms with Crippen LogP contribution in [0.2, 0.25) is 0 Å². The van der Waals surface area contributed by atoms with E-state index >= 15 is 0 Å². The quantitative estimate of drug-likeness (QED) is 0.641. The van der Waals surface area contributed by atoms with E-state index < -0.39 is 24.5 Å². The summed E-state index contributed by atoms with van der Waals surface area (Å²) in [7, 11) is 3.31. The van der Waals surface area contributed by atoms with E-state index in [1.807, 2.05) is 17.5 Å². The number of hydrogen-bond donors (Lipinski definition) is 2. The number of carbonyl (C=O) groups excluding carboxylic acids is 4. The van der Waals surface area contributed by atoms with Crippen LogP contribution in [0.1, 0.15) is 34.6 Å². The molecule has 0 aliphatic heterocycles. The predicted octanol–water partition coefficient (Wildman–Crippen LogP) is 2.20. The van der Waals surface area contributed by atoms with Gasteiger partial charge in [0.2, 0.25) is 5.91 Å². The molecule has 1 aromatic carbocycles. The zero-order valence-electron chi connectivity index (χ0n) is 16.4. The van der Waals surface area contributed by atoms with Crippen molar-refractivity contribution in [2.75, 3.05) is 26.0 Å². The van der Waals surface area contributed by atoms with Crippen LogP contribution in [0.15, 0.2) is 41.8 Å². The summed E-state index contributed by atoms with van der Waals surface area (Å²) < 4.78 is 5.02. The Bertz CT molecular complexity index is 863. The first-order valence-corrected chi connectivity index (χ1v) is 9.72. The van der Waals surface area contributed by atoms with Crippen molar-refractivity contribution in [2.24, 2.45) is 0 Å². The van der Waals surface area contributed by atoms with Crippen LogP contribution in [-0.2, 0) is 19.1 Å². The normalized spacial score (nSPS) is 11.3. The van der Waals surface area contributed by atoms with Crippen molar-refractivity contribution in [2.45, 2.75) is 19.4 Å². The summed E-state index contributed by atoms with van der Waals surface area (Å²) in [4.78, 5) is 49.6. The van der Waals surface area contributed by atoms with Crippen LogP contribution >= 0.6 is 11.3 Å². The Balaban J connectivity index is 1.84. The van der Waals surface area contributed by atoms with Gasteiger partial charge in [0.15, 0.2) is 6.61 Å². The molecule has 2 rings (SSSR count). The molecule has 0 radical (unpaired) electrons. The number of ether oxygens (including phenoxy) is 1. The molecule has 0 bridgehead atoms. The van der Waals surface area contributed by atoms with Gasteiger partial charge < -0.3 is 20.3 Å². The van der Waals surface area contributed by atoms with Gasteiger partial charge in [-0.1, -0.05) is 6.07 Å². The topological polar surface area (TPSA) is 105 Å². The third-order valence-corrected chi connectivity index (χ3v) is 4.81. The summed E-state index contributed by atoms with van der Waals surface area (Å²) in [6.07, 6.45) is -0.0747. The van der Waals surface area contributed by atoms with Gasteiger partial charge in [0.05, 0.1) is 12.5 Å². The van der Waals surface area contributed by atoms with Crippen LogP contribution in [0.3, 0.4) is 0 Å².